The molecule has 3 heteroatoms. The van der Waals surface area contributed by atoms with Gasteiger partial charge in [-0.15, -0.1) is 0 Å². The monoisotopic (exact) mass is 249 g/mol. The van der Waals surface area contributed by atoms with Crippen molar-refractivity contribution in [2.75, 3.05) is 19.8 Å². The van der Waals surface area contributed by atoms with E-state index in [4.69, 9.17) is 9.47 Å². The van der Waals surface area contributed by atoms with Crippen LogP contribution in [-0.2, 0) is 6.42 Å². The Hall–Kier alpha value is -1.22. The van der Waals surface area contributed by atoms with Crippen LogP contribution >= 0.6 is 0 Å². The van der Waals surface area contributed by atoms with Gasteiger partial charge in [-0.1, -0.05) is 26.8 Å². The lowest BCUT2D eigenvalue weighted by molar-refractivity contribution is 0.171. The smallest absolute Gasteiger partial charge is 0.161 e. The molecule has 100 valence electrons. The van der Waals surface area contributed by atoms with Gasteiger partial charge >= 0.3 is 0 Å². The van der Waals surface area contributed by atoms with Crippen LogP contribution in [0.2, 0.25) is 0 Å². The second-order valence-corrected chi connectivity index (χ2v) is 5.35. The van der Waals surface area contributed by atoms with Gasteiger partial charge in [0.1, 0.15) is 13.2 Å². The molecule has 18 heavy (non-hydrogen) atoms. The molecule has 3 nitrogen and oxygen atoms in total. The Morgan fingerprint density at radius 3 is 2.56 bits per heavy atom. The van der Waals surface area contributed by atoms with Gasteiger partial charge in [-0.3, -0.25) is 0 Å². The molecule has 0 radical (unpaired) electrons. The summed E-state index contributed by atoms with van der Waals surface area (Å²) in [6.45, 7) is 8.98. The molecule has 0 aliphatic carbocycles. The van der Waals surface area contributed by atoms with Crippen LogP contribution in [0.25, 0.3) is 0 Å². The first kappa shape index (κ1) is 13.2. The molecule has 0 saturated heterocycles. The maximum atomic E-state index is 5.60. The molecule has 1 atom stereocenters. The van der Waals surface area contributed by atoms with Crippen LogP contribution in [0.1, 0.15) is 26.3 Å². The Morgan fingerprint density at radius 1 is 1.11 bits per heavy atom. The van der Waals surface area contributed by atoms with Crippen LogP contribution in [0.5, 0.6) is 11.5 Å². The van der Waals surface area contributed by atoms with Crippen molar-refractivity contribution in [3.8, 4) is 11.5 Å². The van der Waals surface area contributed by atoms with Gasteiger partial charge < -0.3 is 14.8 Å². The molecular weight excluding hydrogens is 226 g/mol. The number of hydrogen-bond donors (Lipinski definition) is 1. The highest BCUT2D eigenvalue weighted by molar-refractivity contribution is 5.43. The lowest BCUT2D eigenvalue weighted by Crippen LogP contribution is -2.28. The minimum atomic E-state index is 0.549. The van der Waals surface area contributed by atoms with Gasteiger partial charge in [0.15, 0.2) is 11.5 Å². The van der Waals surface area contributed by atoms with Crippen LogP contribution in [0.15, 0.2) is 18.2 Å². The molecule has 0 fully saturated rings. The molecule has 0 saturated carbocycles. The zero-order valence-corrected chi connectivity index (χ0v) is 11.5. The molecule has 2 rings (SSSR count). The molecule has 1 aromatic carbocycles. The molecule has 0 amide bonds. The summed E-state index contributed by atoms with van der Waals surface area (Å²) < 4.78 is 11.1. The number of fused-ring (bicyclic) bond motifs is 1. The van der Waals surface area contributed by atoms with Crippen molar-refractivity contribution in [3.05, 3.63) is 23.8 Å². The standard InChI is InChI=1S/C15H23NO2/c1-11(2)16-10-12(3)8-13-4-5-14-15(9-13)18-7-6-17-14/h4-5,9,11-12,16H,6-8,10H2,1-3H3. The summed E-state index contributed by atoms with van der Waals surface area (Å²) in [5.41, 5.74) is 1.32. The van der Waals surface area contributed by atoms with E-state index in [-0.39, 0.29) is 0 Å². The summed E-state index contributed by atoms with van der Waals surface area (Å²) >= 11 is 0. The van der Waals surface area contributed by atoms with Crippen molar-refractivity contribution in [1.29, 1.82) is 0 Å². The van der Waals surface area contributed by atoms with E-state index in [0.717, 1.165) is 24.5 Å². The topological polar surface area (TPSA) is 30.5 Å². The molecule has 1 aromatic rings. The molecule has 1 heterocycles. The van der Waals surface area contributed by atoms with Crippen molar-refractivity contribution in [3.63, 3.8) is 0 Å². The highest BCUT2D eigenvalue weighted by Gasteiger charge is 2.13. The summed E-state index contributed by atoms with van der Waals surface area (Å²) in [6, 6.07) is 6.82. The predicted molar refractivity (Wildman–Crippen MR) is 73.4 cm³/mol. The van der Waals surface area contributed by atoms with Crippen LogP contribution in [0.3, 0.4) is 0 Å². The minimum Gasteiger partial charge on any atom is -0.486 e. The lowest BCUT2D eigenvalue weighted by atomic mass is 10.0. The zero-order chi connectivity index (χ0) is 13.0. The van der Waals surface area contributed by atoms with Crippen molar-refractivity contribution in [2.24, 2.45) is 5.92 Å². The Balaban J connectivity index is 1.93. The fraction of sp³-hybridized carbons (Fsp3) is 0.600. The molecular formula is C15H23NO2. The molecule has 1 unspecified atom stereocenters. The number of nitrogens with one attached hydrogen (secondary N) is 1. The first-order chi connectivity index (χ1) is 8.65. The van der Waals surface area contributed by atoms with E-state index >= 15 is 0 Å². The first-order valence-corrected chi connectivity index (χ1v) is 6.77. The maximum Gasteiger partial charge on any atom is 0.161 e. The quantitative estimate of drug-likeness (QED) is 0.870. The SMILES string of the molecule is CC(CNC(C)C)Cc1ccc2c(c1)OCCO2. The Kier molecular flexibility index (Phi) is 4.48. The van der Waals surface area contributed by atoms with Crippen molar-refractivity contribution in [2.45, 2.75) is 33.2 Å². The molecule has 0 bridgehead atoms. The third kappa shape index (κ3) is 3.64. The molecule has 1 N–H and O–H groups in total. The third-order valence-corrected chi connectivity index (χ3v) is 3.07. The van der Waals surface area contributed by atoms with Gasteiger partial charge in [0.25, 0.3) is 0 Å². The normalized spacial score (nSPS) is 15.8. The number of benzene rings is 1. The van der Waals surface area contributed by atoms with Crippen LogP contribution < -0.4 is 14.8 Å². The number of ether oxygens (including phenoxy) is 2. The van der Waals surface area contributed by atoms with Gasteiger partial charge in [0, 0.05) is 6.04 Å². The fourth-order valence-corrected chi connectivity index (χ4v) is 2.13. The average Bonchev–Trinajstić information content (AvgIpc) is 2.36. The highest BCUT2D eigenvalue weighted by Crippen LogP contribution is 2.31. The van der Waals surface area contributed by atoms with E-state index in [1.165, 1.54) is 5.56 Å². The van der Waals surface area contributed by atoms with E-state index in [9.17, 15) is 0 Å². The largest absolute Gasteiger partial charge is 0.486 e. The van der Waals surface area contributed by atoms with E-state index in [2.05, 4.69) is 38.2 Å². The van der Waals surface area contributed by atoms with E-state index in [0.29, 0.717) is 25.2 Å². The van der Waals surface area contributed by atoms with Crippen LogP contribution in [0.4, 0.5) is 0 Å². The third-order valence-electron chi connectivity index (χ3n) is 3.07. The summed E-state index contributed by atoms with van der Waals surface area (Å²) in [4.78, 5) is 0. The molecule has 1 aliphatic heterocycles. The second-order valence-electron chi connectivity index (χ2n) is 5.35. The molecule has 0 aromatic heterocycles. The Bertz CT molecular complexity index is 390. The number of hydrogen-bond acceptors (Lipinski definition) is 3. The van der Waals surface area contributed by atoms with Crippen molar-refractivity contribution in [1.82, 2.24) is 5.32 Å². The van der Waals surface area contributed by atoms with E-state index in [1.807, 2.05) is 6.07 Å². The average molecular weight is 249 g/mol. The van der Waals surface area contributed by atoms with Gasteiger partial charge in [-0.05, 0) is 36.6 Å². The predicted octanol–water partition coefficient (Wildman–Crippen LogP) is 2.63. The Morgan fingerprint density at radius 2 is 1.83 bits per heavy atom. The maximum absolute atomic E-state index is 5.60. The minimum absolute atomic E-state index is 0.549. The van der Waals surface area contributed by atoms with Crippen molar-refractivity contribution < 1.29 is 9.47 Å². The highest BCUT2D eigenvalue weighted by atomic mass is 16.6. The molecule has 0 spiro atoms. The summed E-state index contributed by atoms with van der Waals surface area (Å²) in [7, 11) is 0. The van der Waals surface area contributed by atoms with Crippen LogP contribution in [-0.4, -0.2) is 25.8 Å². The van der Waals surface area contributed by atoms with E-state index in [1.54, 1.807) is 0 Å². The number of rotatable bonds is 5. The first-order valence-electron chi connectivity index (χ1n) is 6.77. The van der Waals surface area contributed by atoms with Gasteiger partial charge in [0.2, 0.25) is 0 Å². The zero-order valence-electron chi connectivity index (χ0n) is 11.5. The summed E-state index contributed by atoms with van der Waals surface area (Å²) in [5, 5.41) is 3.47. The van der Waals surface area contributed by atoms with Crippen molar-refractivity contribution >= 4 is 0 Å². The fourth-order valence-electron chi connectivity index (χ4n) is 2.13. The summed E-state index contributed by atoms with van der Waals surface area (Å²) in [6.07, 6.45) is 1.07. The van der Waals surface area contributed by atoms with E-state index < -0.39 is 0 Å². The Labute approximate surface area is 109 Å². The van der Waals surface area contributed by atoms with Gasteiger partial charge in [-0.2, -0.15) is 0 Å². The van der Waals surface area contributed by atoms with Gasteiger partial charge in [-0.25, -0.2) is 0 Å². The molecule has 1 aliphatic rings. The second kappa shape index (κ2) is 6.10. The lowest BCUT2D eigenvalue weighted by Gasteiger charge is -2.20. The van der Waals surface area contributed by atoms with Crippen LogP contribution in [0, 0.1) is 5.92 Å². The van der Waals surface area contributed by atoms with Gasteiger partial charge in [0.05, 0.1) is 0 Å². The summed E-state index contributed by atoms with van der Waals surface area (Å²) in [5.74, 6) is 2.38.